The van der Waals surface area contributed by atoms with E-state index in [1.165, 1.54) is 0 Å². The predicted molar refractivity (Wildman–Crippen MR) is 51.7 cm³/mol. The van der Waals surface area contributed by atoms with E-state index in [0.717, 1.165) is 0 Å². The summed E-state index contributed by atoms with van der Waals surface area (Å²) in [5.41, 5.74) is 0. The SMILES string of the molecule is CP1(C)(F)OC(C(F)(F)F)(C(F)(F)F)OC1(C(F)(F)F)C(F)(F)F. The zero-order valence-corrected chi connectivity index (χ0v) is 12.1. The fraction of sp³-hybridized carbons (Fsp3) is 1.00. The molecule has 0 saturated carbocycles. The molecule has 0 amide bonds. The van der Waals surface area contributed by atoms with Crippen LogP contribution >= 0.6 is 7.14 Å². The molecule has 0 unspecified atom stereocenters. The van der Waals surface area contributed by atoms with Crippen LogP contribution in [0.2, 0.25) is 0 Å². The van der Waals surface area contributed by atoms with Crippen LogP contribution in [0, 0.1) is 0 Å². The summed E-state index contributed by atoms with van der Waals surface area (Å²) >= 11 is 0. The molecule has 0 aromatic carbocycles. The molecule has 0 N–H and O–H groups in total. The molecule has 0 aromatic heterocycles. The average Bonchev–Trinajstić information content (AvgIpc) is 2.39. The molecule has 1 aliphatic rings. The summed E-state index contributed by atoms with van der Waals surface area (Å²) < 4.78 is 173. The van der Waals surface area contributed by atoms with E-state index in [9.17, 15) is 56.9 Å². The molecule has 0 aliphatic carbocycles. The number of hydrogen-bond donors (Lipinski definition) is 0. The van der Waals surface area contributed by atoms with Crippen LogP contribution in [-0.4, -0.2) is 49.2 Å². The second kappa shape index (κ2) is 4.58. The third-order valence-electron chi connectivity index (χ3n) is 3.07. The van der Waals surface area contributed by atoms with Gasteiger partial charge in [-0.3, -0.25) is 0 Å². The van der Waals surface area contributed by atoms with E-state index in [2.05, 4.69) is 9.26 Å². The van der Waals surface area contributed by atoms with Crippen molar-refractivity contribution in [1.29, 1.82) is 0 Å². The van der Waals surface area contributed by atoms with Crippen molar-refractivity contribution in [2.24, 2.45) is 0 Å². The Balaban J connectivity index is 3.97. The van der Waals surface area contributed by atoms with Gasteiger partial charge in [0.15, 0.2) is 0 Å². The molecule has 16 heteroatoms. The van der Waals surface area contributed by atoms with Gasteiger partial charge >= 0.3 is 122 Å². The van der Waals surface area contributed by atoms with Gasteiger partial charge in [0, 0.05) is 0 Å². The predicted octanol–water partition coefficient (Wildman–Crippen LogP) is 5.29. The van der Waals surface area contributed by atoms with Crippen LogP contribution in [0.15, 0.2) is 0 Å². The summed E-state index contributed by atoms with van der Waals surface area (Å²) in [5, 5.41) is -6.45. The van der Waals surface area contributed by atoms with Crippen molar-refractivity contribution >= 4 is 7.14 Å². The second-order valence-corrected chi connectivity index (χ2v) is 9.78. The summed E-state index contributed by atoms with van der Waals surface area (Å²) in [6.07, 6.45) is -28.1. The summed E-state index contributed by atoms with van der Waals surface area (Å²) in [6.45, 7) is -1.49. The van der Waals surface area contributed by atoms with Gasteiger partial charge in [0.05, 0.1) is 0 Å². The van der Waals surface area contributed by atoms with Crippen LogP contribution < -0.4 is 0 Å². The molecule has 1 aliphatic heterocycles. The van der Waals surface area contributed by atoms with Gasteiger partial charge in [-0.25, -0.2) is 0 Å². The van der Waals surface area contributed by atoms with Crippen molar-refractivity contribution in [3.8, 4) is 0 Å². The fourth-order valence-electron chi connectivity index (χ4n) is 2.15. The number of hydrogen-bond acceptors (Lipinski definition) is 2. The third kappa shape index (κ3) is 2.45. The monoisotopic (exact) mass is 412 g/mol. The Labute approximate surface area is 124 Å². The van der Waals surface area contributed by atoms with Crippen LogP contribution in [0.3, 0.4) is 0 Å². The molecule has 1 fully saturated rings. The summed E-state index contributed by atoms with van der Waals surface area (Å²) in [5.74, 6) is -6.44. The Bertz CT molecular complexity index is 488. The normalized spacial score (nSPS) is 28.2. The maximum atomic E-state index is 14.5. The van der Waals surface area contributed by atoms with E-state index in [-0.39, 0.29) is 0 Å². The van der Waals surface area contributed by atoms with Gasteiger partial charge in [0.1, 0.15) is 0 Å². The van der Waals surface area contributed by atoms with Gasteiger partial charge in [-0.1, -0.05) is 0 Å². The maximum absolute atomic E-state index is 14.5. The van der Waals surface area contributed by atoms with E-state index in [0.29, 0.717) is 0 Å². The van der Waals surface area contributed by atoms with Gasteiger partial charge in [0.25, 0.3) is 0 Å². The number of halogens is 13. The van der Waals surface area contributed by atoms with E-state index < -0.39 is 56.3 Å². The van der Waals surface area contributed by atoms with E-state index in [4.69, 9.17) is 0 Å². The van der Waals surface area contributed by atoms with E-state index in [1.54, 1.807) is 0 Å². The van der Waals surface area contributed by atoms with Crippen molar-refractivity contribution in [2.75, 3.05) is 13.3 Å². The van der Waals surface area contributed by atoms with Crippen LogP contribution in [-0.2, 0) is 9.26 Å². The summed E-state index contributed by atoms with van der Waals surface area (Å²) in [7, 11) is -7.86. The first kappa shape index (κ1) is 21.5. The molecule has 0 bridgehead atoms. The zero-order valence-electron chi connectivity index (χ0n) is 11.2. The molecule has 0 atom stereocenters. The molecule has 0 spiro atoms. The van der Waals surface area contributed by atoms with Gasteiger partial charge in [-0.2, -0.15) is 0 Å². The van der Waals surface area contributed by atoms with E-state index >= 15 is 0 Å². The van der Waals surface area contributed by atoms with E-state index in [1.807, 2.05) is 0 Å². The Morgan fingerprint density at radius 2 is 0.917 bits per heavy atom. The first-order chi connectivity index (χ1) is 9.94. The Morgan fingerprint density at radius 1 is 0.625 bits per heavy atom. The molecule has 24 heavy (non-hydrogen) atoms. The van der Waals surface area contributed by atoms with Crippen molar-refractivity contribution in [1.82, 2.24) is 0 Å². The van der Waals surface area contributed by atoms with Crippen molar-refractivity contribution < 1.29 is 66.1 Å². The van der Waals surface area contributed by atoms with Gasteiger partial charge < -0.3 is 0 Å². The second-order valence-electron chi connectivity index (χ2n) is 5.29. The average molecular weight is 412 g/mol. The summed E-state index contributed by atoms with van der Waals surface area (Å²) in [6, 6.07) is 0. The molecular weight excluding hydrogens is 406 g/mol. The number of rotatable bonds is 0. The van der Waals surface area contributed by atoms with Gasteiger partial charge in [0.2, 0.25) is 0 Å². The Morgan fingerprint density at radius 3 is 1.04 bits per heavy atom. The molecule has 146 valence electrons. The third-order valence-corrected chi connectivity index (χ3v) is 6.21. The van der Waals surface area contributed by atoms with Crippen LogP contribution in [0.25, 0.3) is 0 Å². The topological polar surface area (TPSA) is 18.5 Å². The fourth-order valence-corrected chi connectivity index (χ4v) is 5.06. The summed E-state index contributed by atoms with van der Waals surface area (Å²) in [4.78, 5) is 0. The van der Waals surface area contributed by atoms with Crippen LogP contribution in [0.4, 0.5) is 56.9 Å². The first-order valence-corrected chi connectivity index (χ1v) is 8.29. The Hall–Kier alpha value is -0.560. The quantitative estimate of drug-likeness (QED) is 0.398. The zero-order chi connectivity index (χ0) is 19.9. The molecule has 2 nitrogen and oxygen atoms in total. The van der Waals surface area contributed by atoms with Crippen LogP contribution in [0.1, 0.15) is 0 Å². The van der Waals surface area contributed by atoms with Gasteiger partial charge in [-0.05, 0) is 0 Å². The standard InChI is InChI=1S/C8H6F13O2P/c1-24(2,21)4(7(15,16)17,8(18,19)20)22-3(23-24,5(9,10)11)6(12,13)14/h1-2H3. The number of ether oxygens (including phenoxy) is 1. The Kier molecular flexibility index (Phi) is 4.10. The molecule has 1 rings (SSSR count). The number of alkyl halides is 12. The van der Waals surface area contributed by atoms with Crippen molar-refractivity contribution in [3.63, 3.8) is 0 Å². The molecule has 1 saturated heterocycles. The van der Waals surface area contributed by atoms with Crippen molar-refractivity contribution in [3.05, 3.63) is 0 Å². The first-order valence-electron chi connectivity index (χ1n) is 5.35. The molecule has 1 heterocycles. The molecular formula is C8H6F13O2P. The minimum absolute atomic E-state index is 0.744. The molecule has 0 radical (unpaired) electrons. The van der Waals surface area contributed by atoms with Crippen molar-refractivity contribution in [2.45, 2.75) is 35.8 Å². The van der Waals surface area contributed by atoms with Crippen LogP contribution in [0.5, 0.6) is 0 Å². The van der Waals surface area contributed by atoms with Gasteiger partial charge in [-0.15, -0.1) is 0 Å². The molecule has 0 aromatic rings. The minimum atomic E-state index is -7.86.